The number of benzene rings is 1. The van der Waals surface area contributed by atoms with E-state index < -0.39 is 11.4 Å². The lowest BCUT2D eigenvalue weighted by molar-refractivity contribution is -0.139. The second-order valence-electron chi connectivity index (χ2n) is 7.18. The molecule has 5 nitrogen and oxygen atoms in total. The predicted octanol–water partition coefficient (Wildman–Crippen LogP) is 2.36. The minimum absolute atomic E-state index is 0.0497. The maximum atomic E-state index is 13.0. The van der Waals surface area contributed by atoms with E-state index in [1.807, 2.05) is 61.0 Å². The van der Waals surface area contributed by atoms with Crippen molar-refractivity contribution in [3.63, 3.8) is 0 Å². The van der Waals surface area contributed by atoms with E-state index in [2.05, 4.69) is 0 Å². The SMILES string of the molecule is CN(CC(=O)O)C1CCCN(C(=O)C(C)(C)c2ccccc2)CC1. The molecule has 132 valence electrons. The van der Waals surface area contributed by atoms with E-state index in [-0.39, 0.29) is 18.5 Å². The van der Waals surface area contributed by atoms with E-state index >= 15 is 0 Å². The number of nitrogens with zero attached hydrogens (tertiary/aromatic N) is 2. The van der Waals surface area contributed by atoms with Crippen LogP contribution in [0.15, 0.2) is 30.3 Å². The first-order valence-electron chi connectivity index (χ1n) is 8.59. The van der Waals surface area contributed by atoms with Crippen LogP contribution in [0.5, 0.6) is 0 Å². The number of aliphatic carboxylic acids is 1. The van der Waals surface area contributed by atoms with Crippen LogP contribution in [0.2, 0.25) is 0 Å². The van der Waals surface area contributed by atoms with Gasteiger partial charge in [0.2, 0.25) is 5.91 Å². The summed E-state index contributed by atoms with van der Waals surface area (Å²) in [4.78, 5) is 27.8. The summed E-state index contributed by atoms with van der Waals surface area (Å²) in [7, 11) is 1.85. The van der Waals surface area contributed by atoms with Crippen LogP contribution in [0.4, 0.5) is 0 Å². The molecule has 0 spiro atoms. The van der Waals surface area contributed by atoms with Crippen molar-refractivity contribution in [2.75, 3.05) is 26.7 Å². The number of carbonyl (C=O) groups excluding carboxylic acids is 1. The van der Waals surface area contributed by atoms with E-state index in [4.69, 9.17) is 5.11 Å². The van der Waals surface area contributed by atoms with Crippen LogP contribution >= 0.6 is 0 Å². The van der Waals surface area contributed by atoms with E-state index in [0.717, 1.165) is 31.4 Å². The number of rotatable bonds is 5. The zero-order chi connectivity index (χ0) is 17.7. The minimum Gasteiger partial charge on any atom is -0.480 e. The molecule has 1 aromatic rings. The minimum atomic E-state index is -0.806. The number of carbonyl (C=O) groups is 2. The molecule has 1 heterocycles. The first-order valence-corrected chi connectivity index (χ1v) is 8.59. The summed E-state index contributed by atoms with van der Waals surface area (Å²) >= 11 is 0. The average molecular weight is 332 g/mol. The second kappa shape index (κ2) is 7.79. The molecular weight excluding hydrogens is 304 g/mol. The van der Waals surface area contributed by atoms with Crippen LogP contribution in [0.1, 0.15) is 38.7 Å². The highest BCUT2D eigenvalue weighted by Crippen LogP contribution is 2.27. The molecule has 1 N–H and O–H groups in total. The number of carboxylic acids is 1. The number of likely N-dealkylation sites (tertiary alicyclic amines) is 1. The third-order valence-electron chi connectivity index (χ3n) is 5.02. The smallest absolute Gasteiger partial charge is 0.317 e. The molecule has 0 aromatic heterocycles. The van der Waals surface area contributed by atoms with Crippen LogP contribution < -0.4 is 0 Å². The maximum absolute atomic E-state index is 13.0. The van der Waals surface area contributed by atoms with Crippen molar-refractivity contribution in [1.29, 1.82) is 0 Å². The fourth-order valence-corrected chi connectivity index (χ4v) is 3.44. The molecule has 1 aliphatic heterocycles. The van der Waals surface area contributed by atoms with Crippen molar-refractivity contribution in [2.24, 2.45) is 0 Å². The van der Waals surface area contributed by atoms with Gasteiger partial charge in [-0.15, -0.1) is 0 Å². The number of amides is 1. The normalized spacial score (nSPS) is 19.2. The number of hydrogen-bond donors (Lipinski definition) is 1. The van der Waals surface area contributed by atoms with Gasteiger partial charge in [0.15, 0.2) is 0 Å². The molecule has 1 atom stereocenters. The van der Waals surface area contributed by atoms with Gasteiger partial charge in [0, 0.05) is 19.1 Å². The monoisotopic (exact) mass is 332 g/mol. The fourth-order valence-electron chi connectivity index (χ4n) is 3.44. The molecule has 0 bridgehead atoms. The van der Waals surface area contributed by atoms with Crippen molar-refractivity contribution < 1.29 is 14.7 Å². The van der Waals surface area contributed by atoms with Gasteiger partial charge in [-0.2, -0.15) is 0 Å². The summed E-state index contributed by atoms with van der Waals surface area (Å²) in [6.07, 6.45) is 2.66. The lowest BCUT2D eigenvalue weighted by atomic mass is 9.83. The van der Waals surface area contributed by atoms with Crippen molar-refractivity contribution >= 4 is 11.9 Å². The molecule has 1 saturated heterocycles. The first kappa shape index (κ1) is 18.5. The third-order valence-corrected chi connectivity index (χ3v) is 5.02. The largest absolute Gasteiger partial charge is 0.480 e. The molecule has 0 radical (unpaired) electrons. The Morgan fingerprint density at radius 1 is 1.21 bits per heavy atom. The van der Waals surface area contributed by atoms with E-state index in [1.165, 1.54) is 0 Å². The summed E-state index contributed by atoms with van der Waals surface area (Å²) in [5.41, 5.74) is 0.479. The Labute approximate surface area is 144 Å². The van der Waals surface area contributed by atoms with E-state index in [0.29, 0.717) is 6.54 Å². The molecular formula is C19H28N2O3. The summed E-state index contributed by atoms with van der Waals surface area (Å²) in [6.45, 7) is 5.43. The van der Waals surface area contributed by atoms with Gasteiger partial charge in [-0.05, 0) is 45.7 Å². The Kier molecular flexibility index (Phi) is 5.99. The highest BCUT2D eigenvalue weighted by Gasteiger charge is 2.34. The first-order chi connectivity index (χ1) is 11.3. The molecule has 5 heteroatoms. The summed E-state index contributed by atoms with van der Waals surface area (Å²) in [6, 6.07) is 10.1. The zero-order valence-electron chi connectivity index (χ0n) is 14.9. The fraction of sp³-hybridized carbons (Fsp3) is 0.579. The van der Waals surface area contributed by atoms with Gasteiger partial charge in [0.05, 0.1) is 12.0 Å². The van der Waals surface area contributed by atoms with Crippen molar-refractivity contribution in [3.05, 3.63) is 35.9 Å². The molecule has 0 saturated carbocycles. The van der Waals surface area contributed by atoms with Crippen LogP contribution in [0.3, 0.4) is 0 Å². The average Bonchev–Trinajstić information content (AvgIpc) is 2.80. The van der Waals surface area contributed by atoms with Crippen LogP contribution in [-0.4, -0.2) is 59.5 Å². The Morgan fingerprint density at radius 2 is 1.88 bits per heavy atom. The molecule has 1 aromatic carbocycles. The maximum Gasteiger partial charge on any atom is 0.317 e. The Hall–Kier alpha value is -1.88. The topological polar surface area (TPSA) is 60.9 Å². The van der Waals surface area contributed by atoms with Gasteiger partial charge in [-0.3, -0.25) is 14.5 Å². The summed E-state index contributed by atoms with van der Waals surface area (Å²) < 4.78 is 0. The van der Waals surface area contributed by atoms with Gasteiger partial charge in [0.1, 0.15) is 0 Å². The predicted molar refractivity (Wildman–Crippen MR) is 94.0 cm³/mol. The third kappa shape index (κ3) is 4.35. The van der Waals surface area contributed by atoms with Gasteiger partial charge in [0.25, 0.3) is 0 Å². The second-order valence-corrected chi connectivity index (χ2v) is 7.18. The van der Waals surface area contributed by atoms with Gasteiger partial charge >= 0.3 is 5.97 Å². The zero-order valence-corrected chi connectivity index (χ0v) is 14.9. The Balaban J connectivity index is 2.03. The highest BCUT2D eigenvalue weighted by atomic mass is 16.4. The number of likely N-dealkylation sites (N-methyl/N-ethyl adjacent to an activating group) is 1. The molecule has 1 unspecified atom stereocenters. The molecule has 1 aliphatic rings. The Morgan fingerprint density at radius 3 is 2.50 bits per heavy atom. The summed E-state index contributed by atoms with van der Waals surface area (Å²) in [5, 5.41) is 8.95. The van der Waals surface area contributed by atoms with Gasteiger partial charge in [-0.1, -0.05) is 30.3 Å². The quantitative estimate of drug-likeness (QED) is 0.899. The van der Waals surface area contributed by atoms with Crippen molar-refractivity contribution in [3.8, 4) is 0 Å². The highest BCUT2D eigenvalue weighted by molar-refractivity contribution is 5.87. The number of hydrogen-bond acceptors (Lipinski definition) is 3. The Bertz CT molecular complexity index is 571. The van der Waals surface area contributed by atoms with Gasteiger partial charge < -0.3 is 10.0 Å². The lowest BCUT2D eigenvalue weighted by Gasteiger charge is -2.32. The molecule has 1 fully saturated rings. The number of carboxylic acid groups (broad SMARTS) is 1. The van der Waals surface area contributed by atoms with E-state index in [9.17, 15) is 9.59 Å². The van der Waals surface area contributed by atoms with Gasteiger partial charge in [-0.25, -0.2) is 0 Å². The van der Waals surface area contributed by atoms with E-state index in [1.54, 1.807) is 0 Å². The van der Waals surface area contributed by atoms with Crippen LogP contribution in [0.25, 0.3) is 0 Å². The lowest BCUT2D eigenvalue weighted by Crippen LogP contribution is -2.44. The van der Waals surface area contributed by atoms with Crippen LogP contribution in [0, 0.1) is 0 Å². The summed E-state index contributed by atoms with van der Waals surface area (Å²) in [5.74, 6) is -0.657. The van der Waals surface area contributed by atoms with Crippen LogP contribution in [-0.2, 0) is 15.0 Å². The van der Waals surface area contributed by atoms with Crippen molar-refractivity contribution in [1.82, 2.24) is 9.80 Å². The molecule has 0 aliphatic carbocycles. The molecule has 2 rings (SSSR count). The standard InChI is InChI=1S/C19H28N2O3/c1-19(2,15-8-5-4-6-9-15)18(24)21-12-7-10-16(11-13-21)20(3)14-17(22)23/h4-6,8-9,16H,7,10-14H2,1-3H3,(H,22,23). The molecule has 1 amide bonds. The molecule has 24 heavy (non-hydrogen) atoms. The van der Waals surface area contributed by atoms with Crippen molar-refractivity contribution in [2.45, 2.75) is 44.6 Å².